The van der Waals surface area contributed by atoms with Gasteiger partial charge in [-0.1, -0.05) is 6.92 Å². The summed E-state index contributed by atoms with van der Waals surface area (Å²) >= 11 is 0. The number of esters is 1. The third kappa shape index (κ3) is 4.56. The van der Waals surface area contributed by atoms with Gasteiger partial charge >= 0.3 is 5.97 Å². The summed E-state index contributed by atoms with van der Waals surface area (Å²) < 4.78 is 4.64. The second-order valence-corrected chi connectivity index (χ2v) is 5.90. The number of carbonyl (C=O) groups is 2. The van der Waals surface area contributed by atoms with E-state index in [-0.39, 0.29) is 11.9 Å². The summed E-state index contributed by atoms with van der Waals surface area (Å²) in [5.41, 5.74) is 1.17. The molecule has 0 aliphatic carbocycles. The number of benzene rings is 1. The van der Waals surface area contributed by atoms with Gasteiger partial charge in [0, 0.05) is 12.1 Å². The average molecular weight is 304 g/mol. The first kappa shape index (κ1) is 16.5. The minimum absolute atomic E-state index is 0.0175. The zero-order valence-corrected chi connectivity index (χ0v) is 13.2. The van der Waals surface area contributed by atoms with Crippen LogP contribution in [-0.4, -0.2) is 32.1 Å². The van der Waals surface area contributed by atoms with Crippen LogP contribution in [0, 0.1) is 11.8 Å². The number of hydrogen-bond acceptors (Lipinski definition) is 4. The van der Waals surface area contributed by atoms with E-state index in [0.717, 1.165) is 13.1 Å². The fourth-order valence-electron chi connectivity index (χ4n) is 2.84. The van der Waals surface area contributed by atoms with Crippen molar-refractivity contribution in [2.75, 3.05) is 25.5 Å². The lowest BCUT2D eigenvalue weighted by Crippen LogP contribution is -2.34. The highest BCUT2D eigenvalue weighted by Gasteiger charge is 2.22. The molecular weight excluding hydrogens is 280 g/mol. The maximum Gasteiger partial charge on any atom is 0.337 e. The molecule has 0 aromatic heterocycles. The second-order valence-electron chi connectivity index (χ2n) is 5.90. The molecule has 0 saturated carbocycles. The highest BCUT2D eigenvalue weighted by molar-refractivity contribution is 5.93. The number of carbonyl (C=O) groups excluding carboxylic acids is 2. The van der Waals surface area contributed by atoms with Crippen molar-refractivity contribution in [2.24, 2.45) is 11.8 Å². The average Bonchev–Trinajstić information content (AvgIpc) is 2.55. The van der Waals surface area contributed by atoms with E-state index in [1.807, 2.05) is 0 Å². The predicted octanol–water partition coefficient (Wildman–Crippen LogP) is 2.44. The van der Waals surface area contributed by atoms with Gasteiger partial charge < -0.3 is 15.4 Å². The van der Waals surface area contributed by atoms with Crippen LogP contribution >= 0.6 is 0 Å². The number of hydrogen-bond donors (Lipinski definition) is 2. The fraction of sp³-hybridized carbons (Fsp3) is 0.529. The molecule has 2 N–H and O–H groups in total. The minimum atomic E-state index is -0.378. The topological polar surface area (TPSA) is 67.4 Å². The normalized spacial score (nSPS) is 19.3. The van der Waals surface area contributed by atoms with Crippen LogP contribution in [0.5, 0.6) is 0 Å². The number of nitrogens with one attached hydrogen (secondary N) is 2. The van der Waals surface area contributed by atoms with E-state index in [4.69, 9.17) is 0 Å². The molecule has 0 spiro atoms. The standard InChI is InChI=1S/C17H24N2O3/c1-12(14-4-3-9-18-11-14)10-16(20)19-15-7-5-13(6-8-15)17(21)22-2/h5-8,12,14,18H,3-4,9-11H2,1-2H3,(H,19,20). The second kappa shape index (κ2) is 7.94. The molecule has 1 amide bonds. The third-order valence-electron chi connectivity index (χ3n) is 4.24. The molecule has 2 atom stereocenters. The van der Waals surface area contributed by atoms with E-state index in [2.05, 4.69) is 22.3 Å². The maximum atomic E-state index is 12.1. The molecule has 1 aromatic carbocycles. The van der Waals surface area contributed by atoms with Gasteiger partial charge in [0.2, 0.25) is 5.91 Å². The van der Waals surface area contributed by atoms with Crippen LogP contribution < -0.4 is 10.6 Å². The highest BCUT2D eigenvalue weighted by Crippen LogP contribution is 2.23. The summed E-state index contributed by atoms with van der Waals surface area (Å²) in [6.07, 6.45) is 2.89. The Morgan fingerprint density at radius 2 is 2.09 bits per heavy atom. The molecule has 1 aliphatic heterocycles. The van der Waals surface area contributed by atoms with E-state index in [0.29, 0.717) is 29.5 Å². The first-order chi connectivity index (χ1) is 10.6. The lowest BCUT2D eigenvalue weighted by atomic mass is 9.85. The summed E-state index contributed by atoms with van der Waals surface area (Å²) in [6.45, 7) is 4.22. The molecule has 1 fully saturated rings. The van der Waals surface area contributed by atoms with Crippen LogP contribution in [0.1, 0.15) is 36.5 Å². The van der Waals surface area contributed by atoms with Gasteiger partial charge in [0.1, 0.15) is 0 Å². The molecule has 1 aliphatic rings. The smallest absolute Gasteiger partial charge is 0.337 e. The quantitative estimate of drug-likeness (QED) is 0.820. The lowest BCUT2D eigenvalue weighted by molar-refractivity contribution is -0.117. The minimum Gasteiger partial charge on any atom is -0.465 e. The molecule has 5 heteroatoms. The van der Waals surface area contributed by atoms with Crippen molar-refractivity contribution in [1.29, 1.82) is 0 Å². The Balaban J connectivity index is 1.84. The Bertz CT molecular complexity index is 507. The van der Waals surface area contributed by atoms with Crippen molar-refractivity contribution in [3.8, 4) is 0 Å². The molecule has 0 radical (unpaired) electrons. The van der Waals surface area contributed by atoms with Crippen molar-refractivity contribution in [3.05, 3.63) is 29.8 Å². The van der Waals surface area contributed by atoms with E-state index in [1.165, 1.54) is 20.0 Å². The number of piperidine rings is 1. The Kier molecular flexibility index (Phi) is 5.95. The SMILES string of the molecule is COC(=O)c1ccc(NC(=O)CC(C)C2CCCNC2)cc1. The van der Waals surface area contributed by atoms with E-state index < -0.39 is 0 Å². The zero-order chi connectivity index (χ0) is 15.9. The van der Waals surface area contributed by atoms with Crippen LogP contribution in [0.25, 0.3) is 0 Å². The Morgan fingerprint density at radius 1 is 1.36 bits per heavy atom. The van der Waals surface area contributed by atoms with Crippen molar-refractivity contribution in [3.63, 3.8) is 0 Å². The first-order valence-electron chi connectivity index (χ1n) is 7.79. The van der Waals surface area contributed by atoms with Crippen LogP contribution in [0.15, 0.2) is 24.3 Å². The van der Waals surface area contributed by atoms with Crippen LogP contribution in [-0.2, 0) is 9.53 Å². The molecule has 1 heterocycles. The van der Waals surface area contributed by atoms with Crippen molar-refractivity contribution >= 4 is 17.6 Å². The largest absolute Gasteiger partial charge is 0.465 e. The summed E-state index contributed by atoms with van der Waals surface area (Å²) in [5.74, 6) is 0.573. The van der Waals surface area contributed by atoms with Gasteiger partial charge in [-0.05, 0) is 62.0 Å². The van der Waals surface area contributed by atoms with Gasteiger partial charge in [-0.15, -0.1) is 0 Å². The summed E-state index contributed by atoms with van der Waals surface area (Å²) in [7, 11) is 1.35. The van der Waals surface area contributed by atoms with Crippen LogP contribution in [0.4, 0.5) is 5.69 Å². The first-order valence-corrected chi connectivity index (χ1v) is 7.79. The van der Waals surface area contributed by atoms with Gasteiger partial charge in [0.15, 0.2) is 0 Å². The molecule has 5 nitrogen and oxygen atoms in total. The monoisotopic (exact) mass is 304 g/mol. The maximum absolute atomic E-state index is 12.1. The van der Waals surface area contributed by atoms with E-state index in [1.54, 1.807) is 24.3 Å². The summed E-state index contributed by atoms with van der Waals surface area (Å²) in [6, 6.07) is 6.74. The van der Waals surface area contributed by atoms with Crippen molar-refractivity contribution < 1.29 is 14.3 Å². The molecule has 22 heavy (non-hydrogen) atoms. The van der Waals surface area contributed by atoms with Gasteiger partial charge in [0.25, 0.3) is 0 Å². The molecule has 0 bridgehead atoms. The van der Waals surface area contributed by atoms with Gasteiger partial charge in [-0.25, -0.2) is 4.79 Å². The third-order valence-corrected chi connectivity index (χ3v) is 4.24. The van der Waals surface area contributed by atoms with E-state index >= 15 is 0 Å². The summed E-state index contributed by atoms with van der Waals surface area (Å²) in [4.78, 5) is 23.5. The number of anilines is 1. The van der Waals surface area contributed by atoms with Crippen LogP contribution in [0.3, 0.4) is 0 Å². The molecule has 120 valence electrons. The van der Waals surface area contributed by atoms with Gasteiger partial charge in [-0.3, -0.25) is 4.79 Å². The zero-order valence-electron chi connectivity index (χ0n) is 13.2. The fourth-order valence-corrected chi connectivity index (χ4v) is 2.84. The van der Waals surface area contributed by atoms with E-state index in [9.17, 15) is 9.59 Å². The lowest BCUT2D eigenvalue weighted by Gasteiger charge is -2.28. The van der Waals surface area contributed by atoms with Crippen LogP contribution in [0.2, 0.25) is 0 Å². The number of rotatable bonds is 5. The number of ether oxygens (including phenoxy) is 1. The van der Waals surface area contributed by atoms with Gasteiger partial charge in [-0.2, -0.15) is 0 Å². The number of amides is 1. The Hall–Kier alpha value is -1.88. The summed E-state index contributed by atoms with van der Waals surface area (Å²) in [5, 5.41) is 6.27. The highest BCUT2D eigenvalue weighted by atomic mass is 16.5. The molecule has 2 unspecified atom stereocenters. The molecule has 2 rings (SSSR count). The van der Waals surface area contributed by atoms with Crippen molar-refractivity contribution in [1.82, 2.24) is 5.32 Å². The molecular formula is C17H24N2O3. The van der Waals surface area contributed by atoms with Gasteiger partial charge in [0.05, 0.1) is 12.7 Å². The van der Waals surface area contributed by atoms with Crippen molar-refractivity contribution in [2.45, 2.75) is 26.2 Å². The molecule has 1 aromatic rings. The Morgan fingerprint density at radius 3 is 2.68 bits per heavy atom. The predicted molar refractivity (Wildman–Crippen MR) is 85.8 cm³/mol. The Labute approximate surface area is 131 Å². The number of methoxy groups -OCH3 is 1. The molecule has 1 saturated heterocycles.